The zero-order valence-corrected chi connectivity index (χ0v) is 27.6. The van der Waals surface area contributed by atoms with E-state index in [1.165, 1.54) is 16.3 Å². The van der Waals surface area contributed by atoms with Crippen molar-refractivity contribution in [2.24, 2.45) is 0 Å². The van der Waals surface area contributed by atoms with Gasteiger partial charge in [-0.05, 0) is 68.6 Å². The summed E-state index contributed by atoms with van der Waals surface area (Å²) in [5, 5.41) is 6.90. The first kappa shape index (κ1) is 29.1. The first-order valence-electron chi connectivity index (χ1n) is 17.2. The standard InChI is InChI=1S/C48H30N2O/c1-2-15-33(16-3-1)44-30-45(50-48(49-44)43-25-11-18-32-14-5-7-20-38(32)43)36-28-34(39-22-10-17-31-13-4-6-19-37(31)39)27-35(29-36)40-23-12-24-42-41-21-8-9-26-46(41)51-47(40)42/h1-30H. The van der Waals surface area contributed by atoms with Gasteiger partial charge in [0.1, 0.15) is 11.2 Å². The summed E-state index contributed by atoms with van der Waals surface area (Å²) < 4.78 is 6.57. The van der Waals surface area contributed by atoms with Crippen LogP contribution in [0.2, 0.25) is 0 Å². The summed E-state index contributed by atoms with van der Waals surface area (Å²) in [6.45, 7) is 0. The van der Waals surface area contributed by atoms with Gasteiger partial charge in [-0.3, -0.25) is 0 Å². The minimum Gasteiger partial charge on any atom is -0.455 e. The molecular weight excluding hydrogens is 621 g/mol. The maximum Gasteiger partial charge on any atom is 0.161 e. The van der Waals surface area contributed by atoms with Crippen LogP contribution >= 0.6 is 0 Å². The molecule has 0 aliphatic rings. The third-order valence-corrected chi connectivity index (χ3v) is 9.87. The average Bonchev–Trinajstić information content (AvgIpc) is 3.59. The van der Waals surface area contributed by atoms with Gasteiger partial charge >= 0.3 is 0 Å². The molecule has 3 nitrogen and oxygen atoms in total. The highest BCUT2D eigenvalue weighted by molar-refractivity contribution is 6.10. The van der Waals surface area contributed by atoms with Crippen molar-refractivity contribution in [1.82, 2.24) is 9.97 Å². The van der Waals surface area contributed by atoms with E-state index in [1.54, 1.807) is 0 Å². The number of nitrogens with zero attached hydrogens (tertiary/aromatic N) is 2. The maximum atomic E-state index is 6.57. The van der Waals surface area contributed by atoms with Crippen LogP contribution in [-0.4, -0.2) is 9.97 Å². The van der Waals surface area contributed by atoms with Crippen LogP contribution in [0.3, 0.4) is 0 Å². The summed E-state index contributed by atoms with van der Waals surface area (Å²) in [5.74, 6) is 0.694. The van der Waals surface area contributed by atoms with E-state index < -0.39 is 0 Å². The van der Waals surface area contributed by atoms with Crippen LogP contribution in [0.15, 0.2) is 186 Å². The molecule has 10 aromatic rings. The van der Waals surface area contributed by atoms with Gasteiger partial charge in [-0.2, -0.15) is 0 Å². The van der Waals surface area contributed by atoms with Gasteiger partial charge in [0.2, 0.25) is 0 Å². The topological polar surface area (TPSA) is 38.9 Å². The fourth-order valence-corrected chi connectivity index (χ4v) is 7.43. The van der Waals surface area contributed by atoms with Gasteiger partial charge in [-0.1, -0.05) is 152 Å². The van der Waals surface area contributed by atoms with Crippen molar-refractivity contribution in [3.05, 3.63) is 182 Å². The predicted molar refractivity (Wildman–Crippen MR) is 212 cm³/mol. The number of rotatable bonds is 5. The predicted octanol–water partition coefficient (Wildman–Crippen LogP) is 13.0. The summed E-state index contributed by atoms with van der Waals surface area (Å²) in [6, 6.07) is 63.9. The molecule has 0 aliphatic carbocycles. The Labute approximate surface area is 295 Å². The van der Waals surface area contributed by atoms with Gasteiger partial charge in [-0.15, -0.1) is 0 Å². The highest BCUT2D eigenvalue weighted by Gasteiger charge is 2.18. The lowest BCUT2D eigenvalue weighted by atomic mass is 9.91. The Hall–Kier alpha value is -6.84. The molecule has 0 saturated carbocycles. The van der Waals surface area contributed by atoms with E-state index in [0.717, 1.165) is 77.5 Å². The summed E-state index contributed by atoms with van der Waals surface area (Å²) in [7, 11) is 0. The van der Waals surface area contributed by atoms with Gasteiger partial charge in [0, 0.05) is 33.0 Å². The van der Waals surface area contributed by atoms with Gasteiger partial charge in [0.05, 0.1) is 11.4 Å². The highest BCUT2D eigenvalue weighted by Crippen LogP contribution is 2.41. The minimum absolute atomic E-state index is 0.694. The number of hydrogen-bond donors (Lipinski definition) is 0. The molecule has 0 aliphatic heterocycles. The Balaban J connectivity index is 1.26. The van der Waals surface area contributed by atoms with Crippen molar-refractivity contribution in [1.29, 1.82) is 0 Å². The molecule has 238 valence electrons. The summed E-state index contributed by atoms with van der Waals surface area (Å²) in [5.41, 5.74) is 10.9. The van der Waals surface area contributed by atoms with E-state index in [2.05, 4.69) is 164 Å². The van der Waals surface area contributed by atoms with Gasteiger partial charge in [0.25, 0.3) is 0 Å². The molecule has 3 heteroatoms. The molecule has 2 heterocycles. The number of benzene rings is 8. The second-order valence-corrected chi connectivity index (χ2v) is 13.0. The second-order valence-electron chi connectivity index (χ2n) is 13.0. The van der Waals surface area contributed by atoms with E-state index in [4.69, 9.17) is 14.4 Å². The molecular formula is C48H30N2O. The van der Waals surface area contributed by atoms with Gasteiger partial charge in [-0.25, -0.2) is 9.97 Å². The van der Waals surface area contributed by atoms with Crippen LogP contribution in [-0.2, 0) is 0 Å². The van der Waals surface area contributed by atoms with Crippen LogP contribution < -0.4 is 0 Å². The number of hydrogen-bond acceptors (Lipinski definition) is 3. The zero-order chi connectivity index (χ0) is 33.7. The van der Waals surface area contributed by atoms with E-state index in [0.29, 0.717) is 5.82 Å². The third kappa shape index (κ3) is 5.06. The molecule has 0 radical (unpaired) electrons. The molecule has 10 rings (SSSR count). The summed E-state index contributed by atoms with van der Waals surface area (Å²) >= 11 is 0. The van der Waals surface area contributed by atoms with E-state index >= 15 is 0 Å². The molecule has 0 spiro atoms. The van der Waals surface area contributed by atoms with E-state index in [1.807, 2.05) is 18.2 Å². The molecule has 0 N–H and O–H groups in total. The lowest BCUT2D eigenvalue weighted by molar-refractivity contribution is 0.670. The van der Waals surface area contributed by atoms with Gasteiger partial charge < -0.3 is 4.42 Å². The van der Waals surface area contributed by atoms with Gasteiger partial charge in [0.15, 0.2) is 5.82 Å². The SMILES string of the molecule is c1ccc(-c2cc(-c3cc(-c4cccc5ccccc45)cc(-c4cccc5c4oc4ccccc45)c3)nc(-c3cccc4ccccc34)n2)cc1. The fraction of sp³-hybridized carbons (Fsp3) is 0. The number of furan rings is 1. The van der Waals surface area contributed by atoms with Crippen molar-refractivity contribution in [3.8, 4) is 56.2 Å². The van der Waals surface area contributed by atoms with Crippen molar-refractivity contribution in [2.45, 2.75) is 0 Å². The van der Waals surface area contributed by atoms with Crippen LogP contribution in [0.25, 0.3) is 99.6 Å². The molecule has 8 aromatic carbocycles. The quantitative estimate of drug-likeness (QED) is 0.186. The molecule has 0 fully saturated rings. The van der Waals surface area contributed by atoms with Crippen LogP contribution in [0.1, 0.15) is 0 Å². The number of fused-ring (bicyclic) bond motifs is 5. The zero-order valence-electron chi connectivity index (χ0n) is 27.6. The first-order valence-corrected chi connectivity index (χ1v) is 17.2. The Kier molecular flexibility index (Phi) is 6.81. The molecule has 51 heavy (non-hydrogen) atoms. The first-order chi connectivity index (χ1) is 25.3. The Morgan fingerprint density at radius 2 is 0.843 bits per heavy atom. The van der Waals surface area contributed by atoms with Crippen molar-refractivity contribution < 1.29 is 4.42 Å². The third-order valence-electron chi connectivity index (χ3n) is 9.87. The van der Waals surface area contributed by atoms with Crippen LogP contribution in [0, 0.1) is 0 Å². The smallest absolute Gasteiger partial charge is 0.161 e. The van der Waals surface area contributed by atoms with E-state index in [-0.39, 0.29) is 0 Å². The summed E-state index contributed by atoms with van der Waals surface area (Å²) in [4.78, 5) is 10.5. The fourth-order valence-electron chi connectivity index (χ4n) is 7.43. The molecule has 2 aromatic heterocycles. The molecule has 0 bridgehead atoms. The largest absolute Gasteiger partial charge is 0.455 e. The van der Waals surface area contributed by atoms with E-state index in [9.17, 15) is 0 Å². The number of aromatic nitrogens is 2. The molecule has 0 atom stereocenters. The van der Waals surface area contributed by atoms with Crippen LogP contribution in [0.5, 0.6) is 0 Å². The Morgan fingerprint density at radius 1 is 0.333 bits per heavy atom. The monoisotopic (exact) mass is 650 g/mol. The maximum absolute atomic E-state index is 6.57. The lowest BCUT2D eigenvalue weighted by Gasteiger charge is -2.15. The summed E-state index contributed by atoms with van der Waals surface area (Å²) in [6.07, 6.45) is 0. The van der Waals surface area contributed by atoms with Crippen molar-refractivity contribution in [3.63, 3.8) is 0 Å². The highest BCUT2D eigenvalue weighted by atomic mass is 16.3. The van der Waals surface area contributed by atoms with Crippen molar-refractivity contribution in [2.75, 3.05) is 0 Å². The molecule has 0 unspecified atom stereocenters. The Morgan fingerprint density at radius 3 is 1.61 bits per heavy atom. The van der Waals surface area contributed by atoms with Crippen molar-refractivity contribution >= 4 is 43.5 Å². The molecule has 0 amide bonds. The normalized spacial score (nSPS) is 11.5. The van der Waals surface area contributed by atoms with Crippen LogP contribution in [0.4, 0.5) is 0 Å². The minimum atomic E-state index is 0.694. The number of para-hydroxylation sites is 2. The average molecular weight is 651 g/mol. The Bertz CT molecular complexity index is 2910. The lowest BCUT2D eigenvalue weighted by Crippen LogP contribution is -1.97. The second kappa shape index (κ2) is 11.9. The molecule has 0 saturated heterocycles.